The van der Waals surface area contributed by atoms with Crippen LogP contribution in [0.2, 0.25) is 0 Å². The molecule has 2 aromatic rings. The average molecular weight is 314 g/mol. The third-order valence-electron chi connectivity index (χ3n) is 3.47. The molecule has 0 aliphatic heterocycles. The monoisotopic (exact) mass is 314 g/mol. The summed E-state index contributed by atoms with van der Waals surface area (Å²) in [4.78, 5) is 13.5. The molecule has 0 radical (unpaired) electrons. The number of hydrogen-bond donors (Lipinski definition) is 1. The smallest absolute Gasteiger partial charge is 0.221 e. The van der Waals surface area contributed by atoms with Crippen LogP contribution < -0.4 is 5.32 Å². The van der Waals surface area contributed by atoms with Gasteiger partial charge in [0.25, 0.3) is 0 Å². The van der Waals surface area contributed by atoms with Crippen LogP contribution in [0, 0.1) is 5.92 Å². The minimum absolute atomic E-state index is 0.0456. The van der Waals surface area contributed by atoms with Gasteiger partial charge in [-0.25, -0.2) is 0 Å². The van der Waals surface area contributed by atoms with E-state index < -0.39 is 0 Å². The number of aryl methyl sites for hydroxylation is 1. The lowest BCUT2D eigenvalue weighted by atomic mass is 10.1. The summed E-state index contributed by atoms with van der Waals surface area (Å²) in [6.07, 6.45) is 3.99. The number of hydrogen-bond acceptors (Lipinski definition) is 3. The normalized spacial score (nSPS) is 11.2. The first-order valence-corrected chi connectivity index (χ1v) is 7.99. The van der Waals surface area contributed by atoms with Gasteiger partial charge in [0, 0.05) is 51.1 Å². The summed E-state index contributed by atoms with van der Waals surface area (Å²) in [6.45, 7) is 8.79. The zero-order valence-electron chi connectivity index (χ0n) is 14.4. The van der Waals surface area contributed by atoms with Crippen LogP contribution in [0.25, 0.3) is 0 Å². The van der Waals surface area contributed by atoms with Crippen LogP contribution in [0.3, 0.4) is 0 Å². The van der Waals surface area contributed by atoms with Gasteiger partial charge in [-0.1, -0.05) is 26.0 Å². The zero-order chi connectivity index (χ0) is 16.8. The lowest BCUT2D eigenvalue weighted by molar-refractivity contribution is -0.114. The highest BCUT2D eigenvalue weighted by Gasteiger charge is 2.10. The molecule has 2 rings (SSSR count). The van der Waals surface area contributed by atoms with E-state index >= 15 is 0 Å². The lowest BCUT2D eigenvalue weighted by Crippen LogP contribution is -2.26. The van der Waals surface area contributed by atoms with Crippen molar-refractivity contribution in [1.29, 1.82) is 0 Å². The molecule has 0 aliphatic carbocycles. The van der Waals surface area contributed by atoms with Gasteiger partial charge in [-0.05, 0) is 23.6 Å². The molecule has 1 N–H and O–H groups in total. The second kappa shape index (κ2) is 7.92. The minimum Gasteiger partial charge on any atom is -0.326 e. The SMILES string of the molecule is CC(=O)Nc1ccc(CN(Cc2cnn(C)c2)CC(C)C)cc1. The van der Waals surface area contributed by atoms with Crippen molar-refractivity contribution >= 4 is 11.6 Å². The number of carbonyl (C=O) groups excluding carboxylic acids is 1. The quantitative estimate of drug-likeness (QED) is 0.854. The van der Waals surface area contributed by atoms with Gasteiger partial charge in [0.1, 0.15) is 0 Å². The predicted molar refractivity (Wildman–Crippen MR) is 92.9 cm³/mol. The summed E-state index contributed by atoms with van der Waals surface area (Å²) >= 11 is 0. The molecule has 0 saturated carbocycles. The summed E-state index contributed by atoms with van der Waals surface area (Å²) in [5.41, 5.74) is 3.30. The molecule has 0 saturated heterocycles. The van der Waals surface area contributed by atoms with Gasteiger partial charge in [-0.2, -0.15) is 5.10 Å². The van der Waals surface area contributed by atoms with E-state index in [9.17, 15) is 4.79 Å². The molecule has 0 atom stereocenters. The van der Waals surface area contributed by atoms with E-state index in [0.29, 0.717) is 5.92 Å². The molecule has 1 amide bonds. The maximum Gasteiger partial charge on any atom is 0.221 e. The molecule has 5 nitrogen and oxygen atoms in total. The summed E-state index contributed by atoms with van der Waals surface area (Å²) < 4.78 is 1.84. The van der Waals surface area contributed by atoms with Crippen LogP contribution in [0.1, 0.15) is 31.9 Å². The van der Waals surface area contributed by atoms with Crippen LogP contribution in [-0.4, -0.2) is 27.1 Å². The number of amides is 1. The molecule has 23 heavy (non-hydrogen) atoms. The molecular weight excluding hydrogens is 288 g/mol. The lowest BCUT2D eigenvalue weighted by Gasteiger charge is -2.24. The number of rotatable bonds is 7. The third-order valence-corrected chi connectivity index (χ3v) is 3.47. The molecule has 5 heteroatoms. The van der Waals surface area contributed by atoms with Crippen molar-refractivity contribution in [1.82, 2.24) is 14.7 Å². The van der Waals surface area contributed by atoms with E-state index in [4.69, 9.17) is 0 Å². The molecule has 124 valence electrons. The van der Waals surface area contributed by atoms with E-state index in [2.05, 4.69) is 47.5 Å². The van der Waals surface area contributed by atoms with Crippen molar-refractivity contribution in [3.63, 3.8) is 0 Å². The van der Waals surface area contributed by atoms with Gasteiger partial charge in [0.2, 0.25) is 5.91 Å². The standard InChI is InChI=1S/C18H26N4O/c1-14(2)10-22(13-17-9-19-21(4)11-17)12-16-5-7-18(8-6-16)20-15(3)23/h5-9,11,14H,10,12-13H2,1-4H3,(H,20,23). The van der Waals surface area contributed by atoms with Crippen molar-refractivity contribution in [3.8, 4) is 0 Å². The molecule has 1 heterocycles. The first kappa shape index (κ1) is 17.2. The Balaban J connectivity index is 2.03. The van der Waals surface area contributed by atoms with Gasteiger partial charge in [0.05, 0.1) is 6.20 Å². The third kappa shape index (κ3) is 5.87. The maximum atomic E-state index is 11.1. The molecule has 0 bridgehead atoms. The van der Waals surface area contributed by atoms with E-state index in [-0.39, 0.29) is 5.91 Å². The van der Waals surface area contributed by atoms with Gasteiger partial charge in [0.15, 0.2) is 0 Å². The zero-order valence-corrected chi connectivity index (χ0v) is 14.4. The highest BCUT2D eigenvalue weighted by atomic mass is 16.1. The Morgan fingerprint density at radius 3 is 2.39 bits per heavy atom. The number of nitrogens with one attached hydrogen (secondary N) is 1. The number of benzene rings is 1. The average Bonchev–Trinajstić information content (AvgIpc) is 2.85. The number of anilines is 1. The predicted octanol–water partition coefficient (Wildman–Crippen LogP) is 3.04. The van der Waals surface area contributed by atoms with E-state index in [0.717, 1.165) is 25.3 Å². The number of aromatic nitrogens is 2. The van der Waals surface area contributed by atoms with Crippen LogP contribution in [0.15, 0.2) is 36.7 Å². The van der Waals surface area contributed by atoms with Crippen LogP contribution >= 0.6 is 0 Å². The molecular formula is C18H26N4O. The molecule has 1 aromatic heterocycles. The molecule has 0 aliphatic rings. The minimum atomic E-state index is -0.0456. The number of carbonyl (C=O) groups is 1. The Kier molecular flexibility index (Phi) is 5.93. The molecule has 0 fully saturated rings. The van der Waals surface area contributed by atoms with Crippen molar-refractivity contribution < 1.29 is 4.79 Å². The van der Waals surface area contributed by atoms with Gasteiger partial charge in [-0.3, -0.25) is 14.4 Å². The summed E-state index contributed by atoms with van der Waals surface area (Å²) in [5.74, 6) is 0.557. The maximum absolute atomic E-state index is 11.1. The summed E-state index contributed by atoms with van der Waals surface area (Å²) in [7, 11) is 1.94. The Bertz CT molecular complexity index is 631. The van der Waals surface area contributed by atoms with Gasteiger partial charge < -0.3 is 5.32 Å². The van der Waals surface area contributed by atoms with Crippen molar-refractivity contribution in [3.05, 3.63) is 47.8 Å². The second-order valence-electron chi connectivity index (χ2n) is 6.46. The summed E-state index contributed by atoms with van der Waals surface area (Å²) in [5, 5.41) is 7.04. The Morgan fingerprint density at radius 1 is 1.22 bits per heavy atom. The first-order valence-electron chi connectivity index (χ1n) is 7.99. The van der Waals surface area contributed by atoms with Gasteiger partial charge >= 0.3 is 0 Å². The fourth-order valence-corrected chi connectivity index (χ4v) is 2.67. The summed E-state index contributed by atoms with van der Waals surface area (Å²) in [6, 6.07) is 8.05. The van der Waals surface area contributed by atoms with E-state index in [1.165, 1.54) is 18.1 Å². The van der Waals surface area contributed by atoms with Crippen molar-refractivity contribution in [2.75, 3.05) is 11.9 Å². The van der Waals surface area contributed by atoms with Crippen LogP contribution in [-0.2, 0) is 24.9 Å². The Labute approximate surface area is 138 Å². The first-order chi connectivity index (χ1) is 10.9. The van der Waals surface area contributed by atoms with Gasteiger partial charge in [-0.15, -0.1) is 0 Å². The van der Waals surface area contributed by atoms with Crippen molar-refractivity contribution in [2.45, 2.75) is 33.9 Å². The van der Waals surface area contributed by atoms with Crippen LogP contribution in [0.4, 0.5) is 5.69 Å². The van der Waals surface area contributed by atoms with E-state index in [1.54, 1.807) is 0 Å². The topological polar surface area (TPSA) is 50.2 Å². The molecule has 0 spiro atoms. The fourth-order valence-electron chi connectivity index (χ4n) is 2.67. The Hall–Kier alpha value is -2.14. The van der Waals surface area contributed by atoms with Crippen LogP contribution in [0.5, 0.6) is 0 Å². The molecule has 1 aromatic carbocycles. The Morgan fingerprint density at radius 2 is 1.87 bits per heavy atom. The van der Waals surface area contributed by atoms with E-state index in [1.807, 2.05) is 30.1 Å². The largest absolute Gasteiger partial charge is 0.326 e. The fraction of sp³-hybridized carbons (Fsp3) is 0.444. The number of nitrogens with zero attached hydrogens (tertiary/aromatic N) is 3. The molecule has 0 unspecified atom stereocenters. The highest BCUT2D eigenvalue weighted by molar-refractivity contribution is 5.88. The van der Waals surface area contributed by atoms with Crippen molar-refractivity contribution in [2.24, 2.45) is 13.0 Å². The highest BCUT2D eigenvalue weighted by Crippen LogP contribution is 2.14. The second-order valence-corrected chi connectivity index (χ2v) is 6.46.